The second kappa shape index (κ2) is 4.86. The van der Waals surface area contributed by atoms with Crippen molar-refractivity contribution in [2.75, 3.05) is 11.9 Å². The molecule has 3 aliphatic rings. The number of hydrogen-bond donors (Lipinski definition) is 1. The molecule has 1 aliphatic heterocycles. The van der Waals surface area contributed by atoms with Gasteiger partial charge in [-0.15, -0.1) is 0 Å². The predicted molar refractivity (Wildman–Crippen MR) is 78.5 cm³/mol. The fourth-order valence-electron chi connectivity index (χ4n) is 4.24. The van der Waals surface area contributed by atoms with Crippen LogP contribution in [0.2, 0.25) is 0 Å². The van der Waals surface area contributed by atoms with Crippen LogP contribution in [0.25, 0.3) is 0 Å². The van der Waals surface area contributed by atoms with Gasteiger partial charge in [0.05, 0.1) is 5.69 Å². The molecule has 3 atom stereocenters. The number of hydrogen-bond acceptors (Lipinski definition) is 3. The van der Waals surface area contributed by atoms with Gasteiger partial charge in [0.25, 0.3) is 5.91 Å². The van der Waals surface area contributed by atoms with Crippen molar-refractivity contribution in [3.63, 3.8) is 0 Å². The number of rotatable bonds is 3. The predicted octanol–water partition coefficient (Wildman–Crippen LogP) is 3.03. The van der Waals surface area contributed by atoms with E-state index in [-0.39, 0.29) is 18.3 Å². The Morgan fingerprint density at radius 1 is 1.29 bits per heavy atom. The number of benzene rings is 1. The number of ketones is 1. The first-order chi connectivity index (χ1) is 10.2. The maximum Gasteiger partial charge on any atom is 0.262 e. The smallest absolute Gasteiger partial charge is 0.262 e. The van der Waals surface area contributed by atoms with E-state index in [4.69, 9.17) is 4.74 Å². The summed E-state index contributed by atoms with van der Waals surface area (Å²) in [7, 11) is 0. The first-order valence-corrected chi connectivity index (χ1v) is 7.79. The summed E-state index contributed by atoms with van der Waals surface area (Å²) in [5, 5.41) is 2.76. The summed E-state index contributed by atoms with van der Waals surface area (Å²) >= 11 is 0. The van der Waals surface area contributed by atoms with Crippen LogP contribution in [0.4, 0.5) is 5.69 Å². The molecule has 110 valence electrons. The molecule has 2 bridgehead atoms. The van der Waals surface area contributed by atoms with Crippen LogP contribution in [0.1, 0.15) is 42.5 Å². The number of fused-ring (bicyclic) bond motifs is 3. The molecule has 2 aliphatic carbocycles. The molecule has 3 unspecified atom stereocenters. The molecule has 1 heterocycles. The third-order valence-corrected chi connectivity index (χ3v) is 5.27. The first kappa shape index (κ1) is 12.9. The number of Topliss-reactive ketones (excluding diaryl/α,β-unsaturated/α-hetero) is 1. The van der Waals surface area contributed by atoms with E-state index >= 15 is 0 Å². The van der Waals surface area contributed by atoms with Gasteiger partial charge in [-0.1, -0.05) is 6.42 Å². The first-order valence-electron chi connectivity index (χ1n) is 7.79. The number of amides is 1. The lowest BCUT2D eigenvalue weighted by Crippen LogP contribution is -2.25. The number of carbonyl (C=O) groups excluding carboxylic acids is 2. The minimum Gasteiger partial charge on any atom is -0.482 e. The minimum absolute atomic E-state index is 0.0471. The van der Waals surface area contributed by atoms with Gasteiger partial charge in [0.15, 0.2) is 12.4 Å². The van der Waals surface area contributed by atoms with E-state index in [9.17, 15) is 9.59 Å². The van der Waals surface area contributed by atoms with E-state index in [1.807, 2.05) is 6.07 Å². The zero-order valence-corrected chi connectivity index (χ0v) is 11.9. The number of nitrogens with one attached hydrogen (secondary N) is 1. The molecular formula is C17H19NO3. The van der Waals surface area contributed by atoms with Crippen molar-refractivity contribution < 1.29 is 14.3 Å². The average molecular weight is 285 g/mol. The van der Waals surface area contributed by atoms with Crippen molar-refractivity contribution in [2.24, 2.45) is 17.8 Å². The number of ether oxygens (including phenoxy) is 1. The second-order valence-electron chi connectivity index (χ2n) is 6.61. The van der Waals surface area contributed by atoms with Gasteiger partial charge >= 0.3 is 0 Å². The quantitative estimate of drug-likeness (QED) is 0.868. The van der Waals surface area contributed by atoms with E-state index in [1.54, 1.807) is 12.1 Å². The Bertz CT molecular complexity index is 610. The van der Waals surface area contributed by atoms with Gasteiger partial charge in [-0.25, -0.2) is 0 Å². The third-order valence-electron chi connectivity index (χ3n) is 5.27. The van der Waals surface area contributed by atoms with Crippen molar-refractivity contribution in [1.29, 1.82) is 0 Å². The van der Waals surface area contributed by atoms with Gasteiger partial charge in [-0.3, -0.25) is 9.59 Å². The lowest BCUT2D eigenvalue weighted by Gasteiger charge is -2.21. The van der Waals surface area contributed by atoms with Gasteiger partial charge in [0, 0.05) is 12.0 Å². The lowest BCUT2D eigenvalue weighted by atomic mass is 9.84. The number of carbonyl (C=O) groups is 2. The summed E-state index contributed by atoms with van der Waals surface area (Å²) in [5.74, 6) is 2.86. The van der Waals surface area contributed by atoms with E-state index < -0.39 is 0 Å². The third kappa shape index (κ3) is 2.33. The monoisotopic (exact) mass is 285 g/mol. The fourth-order valence-corrected chi connectivity index (χ4v) is 4.24. The Hall–Kier alpha value is -1.84. The lowest BCUT2D eigenvalue weighted by molar-refractivity contribution is -0.118. The van der Waals surface area contributed by atoms with Crippen LogP contribution < -0.4 is 10.1 Å². The van der Waals surface area contributed by atoms with Gasteiger partial charge in [0.1, 0.15) is 5.75 Å². The van der Waals surface area contributed by atoms with Crippen molar-refractivity contribution in [3.8, 4) is 5.75 Å². The van der Waals surface area contributed by atoms with Crippen molar-refractivity contribution in [2.45, 2.75) is 32.1 Å². The van der Waals surface area contributed by atoms with E-state index in [0.29, 0.717) is 29.3 Å². The van der Waals surface area contributed by atoms with Crippen LogP contribution in [0.3, 0.4) is 0 Å². The second-order valence-corrected chi connectivity index (χ2v) is 6.61. The Kier molecular flexibility index (Phi) is 2.98. The van der Waals surface area contributed by atoms with Gasteiger partial charge in [-0.2, -0.15) is 0 Å². The summed E-state index contributed by atoms with van der Waals surface area (Å²) in [5.41, 5.74) is 1.30. The standard InChI is InChI=1S/C17H19NO3/c19-15(8-13-6-10-1-2-11(13)5-10)12-3-4-16-14(7-12)18-17(20)9-21-16/h3-4,7,10-11,13H,1-2,5-6,8-9H2,(H,18,20). The molecule has 4 nitrogen and oxygen atoms in total. The molecular weight excluding hydrogens is 266 g/mol. The molecule has 1 aromatic carbocycles. The topological polar surface area (TPSA) is 55.4 Å². The molecule has 0 spiro atoms. The maximum absolute atomic E-state index is 12.5. The zero-order valence-electron chi connectivity index (χ0n) is 11.9. The molecule has 2 fully saturated rings. The van der Waals surface area contributed by atoms with Crippen molar-refractivity contribution in [3.05, 3.63) is 23.8 Å². The summed E-state index contributed by atoms with van der Waals surface area (Å²) in [6, 6.07) is 5.34. The molecule has 4 rings (SSSR count). The Balaban J connectivity index is 1.49. The largest absolute Gasteiger partial charge is 0.482 e. The zero-order chi connectivity index (χ0) is 14.4. The molecule has 2 saturated carbocycles. The molecule has 0 radical (unpaired) electrons. The van der Waals surface area contributed by atoms with Gasteiger partial charge < -0.3 is 10.1 Å². The number of anilines is 1. The van der Waals surface area contributed by atoms with Crippen LogP contribution in [-0.4, -0.2) is 18.3 Å². The van der Waals surface area contributed by atoms with E-state index in [2.05, 4.69) is 5.32 Å². The molecule has 1 N–H and O–H groups in total. The molecule has 0 saturated heterocycles. The Labute approximate surface area is 123 Å². The van der Waals surface area contributed by atoms with E-state index in [0.717, 1.165) is 11.8 Å². The minimum atomic E-state index is -0.166. The SMILES string of the molecule is O=C1COc2ccc(C(=O)CC3CC4CCC3C4)cc2N1. The average Bonchev–Trinajstić information content (AvgIpc) is 3.09. The fraction of sp³-hybridized carbons (Fsp3) is 0.529. The highest BCUT2D eigenvalue weighted by atomic mass is 16.5. The highest BCUT2D eigenvalue weighted by Gasteiger charge is 2.40. The normalized spacial score (nSPS) is 29.7. The summed E-state index contributed by atoms with van der Waals surface area (Å²) in [4.78, 5) is 23.8. The molecule has 4 heteroatoms. The highest BCUT2D eigenvalue weighted by Crippen LogP contribution is 2.49. The molecule has 21 heavy (non-hydrogen) atoms. The summed E-state index contributed by atoms with van der Waals surface area (Å²) < 4.78 is 5.32. The Morgan fingerprint density at radius 3 is 2.95 bits per heavy atom. The summed E-state index contributed by atoms with van der Waals surface area (Å²) in [6.07, 6.45) is 5.86. The molecule has 1 amide bonds. The summed E-state index contributed by atoms with van der Waals surface area (Å²) in [6.45, 7) is 0.0471. The van der Waals surface area contributed by atoms with Crippen LogP contribution in [0.5, 0.6) is 5.75 Å². The van der Waals surface area contributed by atoms with Crippen molar-refractivity contribution >= 4 is 17.4 Å². The van der Waals surface area contributed by atoms with E-state index in [1.165, 1.54) is 25.7 Å². The molecule has 1 aromatic rings. The highest BCUT2D eigenvalue weighted by molar-refractivity contribution is 6.00. The van der Waals surface area contributed by atoms with Gasteiger partial charge in [0.2, 0.25) is 0 Å². The molecule has 0 aromatic heterocycles. The van der Waals surface area contributed by atoms with Crippen LogP contribution >= 0.6 is 0 Å². The maximum atomic E-state index is 12.5. The van der Waals surface area contributed by atoms with Crippen LogP contribution in [-0.2, 0) is 4.79 Å². The van der Waals surface area contributed by atoms with Crippen LogP contribution in [0, 0.1) is 17.8 Å². The Morgan fingerprint density at radius 2 is 2.19 bits per heavy atom. The van der Waals surface area contributed by atoms with Crippen molar-refractivity contribution in [1.82, 2.24) is 0 Å². The van der Waals surface area contributed by atoms with Crippen LogP contribution in [0.15, 0.2) is 18.2 Å². The van der Waals surface area contributed by atoms with Gasteiger partial charge in [-0.05, 0) is 55.2 Å².